The topological polar surface area (TPSA) is 578 Å². The van der Waals surface area contributed by atoms with Crippen molar-refractivity contribution >= 4 is 5.96 Å². The third-order valence-electron chi connectivity index (χ3n) is 15.0. The average Bonchev–Trinajstić information content (AvgIpc) is 3.47. The first-order valence-electron chi connectivity index (χ1n) is 25.3. The first kappa shape index (κ1) is 63.0. The molecule has 0 aromatic rings. The van der Waals surface area contributed by atoms with Gasteiger partial charge in [0.2, 0.25) is 0 Å². The fourth-order valence-electron chi connectivity index (χ4n) is 10.6. The summed E-state index contributed by atoms with van der Waals surface area (Å²) >= 11 is 0. The summed E-state index contributed by atoms with van der Waals surface area (Å²) in [6.07, 6.45) is -68.3. The van der Waals surface area contributed by atoms with E-state index in [1.54, 1.807) is 0 Å². The van der Waals surface area contributed by atoms with E-state index in [4.69, 9.17) is 77.8 Å². The minimum Gasteiger partial charge on any atom is -0.394 e. The van der Waals surface area contributed by atoms with Crippen LogP contribution in [0.25, 0.3) is 0 Å². The maximum Gasteiger partial charge on any atom is 0.187 e. The van der Waals surface area contributed by atoms with Crippen molar-refractivity contribution in [1.82, 2.24) is 0 Å². The van der Waals surface area contributed by atoms with Gasteiger partial charge in [-0.2, -0.15) is 0 Å². The minimum atomic E-state index is -2.21. The summed E-state index contributed by atoms with van der Waals surface area (Å²) in [7, 11) is 0. The van der Waals surface area contributed by atoms with Crippen LogP contribution in [-0.4, -0.2) is 358 Å². The molecular weight excluding hydrogens is 1090 g/mol. The monoisotopic (exact) mass is 1160 g/mol. The summed E-state index contributed by atoms with van der Waals surface area (Å²) in [5.41, 5.74) is 11.1. The lowest BCUT2D eigenvalue weighted by molar-refractivity contribution is -0.395. The second-order valence-corrected chi connectivity index (χ2v) is 20.2. The quantitative estimate of drug-likeness (QED) is 0.0831. The van der Waals surface area contributed by atoms with Crippen molar-refractivity contribution in [3.8, 4) is 0 Å². The minimum absolute atomic E-state index is 0.533. The van der Waals surface area contributed by atoms with Crippen molar-refractivity contribution in [2.75, 3.05) is 39.6 Å². The largest absolute Gasteiger partial charge is 0.394 e. The van der Waals surface area contributed by atoms with Gasteiger partial charge in [0.05, 0.1) is 45.7 Å². The lowest BCUT2D eigenvalue weighted by atomic mass is 9.95. The Kier molecular flexibility index (Phi) is 21.1. The number of hydrogen-bond donors (Lipinski definition) is 21. The average molecular weight is 1160 g/mol. The number of aliphatic hydroxyl groups excluding tert-OH is 19. The summed E-state index contributed by atoms with van der Waals surface area (Å²) in [4.78, 5) is 3.85. The molecule has 0 aliphatic carbocycles. The highest BCUT2D eigenvalue weighted by Crippen LogP contribution is 2.39. The first-order chi connectivity index (χ1) is 37.5. The SMILES string of the molecule is C[C@H]1O[C@@H]2O[C@H]3[C@H](O)[C@@H](O)[C@@H](O[C@H]4[C@H](O)[C@@H](O)[C@@H](O[C@H]5[C@H](O)[C@@H](O)[C@@H](O[C@H]6[C@H](O)[C@@H](O)[C@@H](O[C@H]7[C@H](O)[C@@H](O)[C@@H](O[C@H]8[C@H](O)[C@@H](O)[C@@H](O[C@H]1[C@H](O)[C@H]2O)O[C@@H]8CO)O[C@@H]7CO)O[C@@H]6CN=C(N)N)O[C@@H]5CO)O[C@@H]4CO)O[C@@H]3CO. The van der Waals surface area contributed by atoms with Gasteiger partial charge in [-0.05, 0) is 6.92 Å². The second kappa shape index (κ2) is 26.5. The van der Waals surface area contributed by atoms with Gasteiger partial charge in [0.25, 0.3) is 0 Å². The summed E-state index contributed by atoms with van der Waals surface area (Å²) in [5, 5.41) is 211. The molecule has 21 aliphatic rings. The summed E-state index contributed by atoms with van der Waals surface area (Å²) < 4.78 is 80.6. The normalized spacial score (nSPS) is 54.2. The molecule has 35 atom stereocenters. The zero-order chi connectivity index (χ0) is 57.6. The number of nitrogens with zero attached hydrogens (tertiary/aromatic N) is 1. The Morgan fingerprint density at radius 3 is 0.696 bits per heavy atom. The van der Waals surface area contributed by atoms with Crippen molar-refractivity contribution in [3.63, 3.8) is 0 Å². The summed E-state index contributed by atoms with van der Waals surface area (Å²) in [5.74, 6) is -0.533. The van der Waals surface area contributed by atoms with Crippen LogP contribution in [-0.2, 0) is 66.3 Å². The number of aliphatic hydroxyl groups is 19. The van der Waals surface area contributed by atoms with Gasteiger partial charge in [0.1, 0.15) is 165 Å². The van der Waals surface area contributed by atoms with Crippen molar-refractivity contribution < 1.29 is 163 Å². The number of nitrogens with two attached hydrogens (primary N) is 2. The van der Waals surface area contributed by atoms with Crippen LogP contribution in [0.1, 0.15) is 6.92 Å². The van der Waals surface area contributed by atoms with Crippen molar-refractivity contribution in [2.24, 2.45) is 16.5 Å². The van der Waals surface area contributed by atoms with Crippen LogP contribution in [0.3, 0.4) is 0 Å². The summed E-state index contributed by atoms with van der Waals surface area (Å²) in [6, 6.07) is 0. The standard InChI is InChI=1S/C43H73N3O33/c1-8-29-15(52)22(59)36(66-8)75-31-10(3-47)70-40(26(63)18(31)55)79-35-14(7-51)72-42(28(65)21(35)58)78-34-13(6-50)69-39(25(62)19(34)56)74-30-9(2-46-43(44)45)67-37(23(60)16(30)53)76-32-12(5-49)71-41(27(64)20(32)57)77-33-11(4-48)68-38(73-29)24(61)17(33)54/h8-42,47-65H,2-7H2,1H3,(H4,44,45,46)/t8-,9-,10-,11-,12-,13-,14-,15-,16-,17-,18-,19-,20-,21-,22-,23-,24-,25-,26-,27-,28-,29-,30-,31-,32-,33-,34-,35-,36-,37-,38-,39-,40-,41-,42-/m1/s1. The second-order valence-electron chi connectivity index (χ2n) is 20.2. The van der Waals surface area contributed by atoms with Crippen molar-refractivity contribution in [1.29, 1.82) is 0 Å². The van der Waals surface area contributed by atoms with Crippen LogP contribution in [0.4, 0.5) is 0 Å². The van der Waals surface area contributed by atoms with E-state index < -0.39 is 260 Å². The number of guanidine groups is 1. The molecule has 0 unspecified atom stereocenters. The molecule has 0 amide bonds. The Bertz CT molecular complexity index is 1950. The van der Waals surface area contributed by atoms with E-state index in [0.717, 1.165) is 0 Å². The Hall–Kier alpha value is -2.05. The van der Waals surface area contributed by atoms with Crippen molar-refractivity contribution in [2.45, 2.75) is 222 Å². The molecule has 0 spiro atoms. The molecule has 21 rings (SSSR count). The molecule has 0 aromatic heterocycles. The van der Waals surface area contributed by atoms with Crippen LogP contribution >= 0.6 is 0 Å². The molecular formula is C43H73N3O33. The maximum absolute atomic E-state index is 11.6. The van der Waals surface area contributed by atoms with Gasteiger partial charge in [-0.25, -0.2) is 0 Å². The third-order valence-corrected chi connectivity index (χ3v) is 15.0. The lowest BCUT2D eigenvalue weighted by Crippen LogP contribution is -2.68. The van der Waals surface area contributed by atoms with Gasteiger partial charge >= 0.3 is 0 Å². The first-order valence-corrected chi connectivity index (χ1v) is 25.3. The maximum atomic E-state index is 11.6. The highest BCUT2D eigenvalue weighted by Gasteiger charge is 2.59. The van der Waals surface area contributed by atoms with Crippen LogP contribution < -0.4 is 11.5 Å². The molecule has 79 heavy (non-hydrogen) atoms. The predicted octanol–water partition coefficient (Wildman–Crippen LogP) is -14.9. The van der Waals surface area contributed by atoms with E-state index in [0.29, 0.717) is 0 Å². The van der Waals surface area contributed by atoms with Crippen LogP contribution in [0.5, 0.6) is 0 Å². The van der Waals surface area contributed by atoms with E-state index >= 15 is 0 Å². The van der Waals surface area contributed by atoms with Crippen LogP contribution in [0.2, 0.25) is 0 Å². The molecule has 21 saturated heterocycles. The Balaban J connectivity index is 1.09. The molecule has 0 saturated carbocycles. The van der Waals surface area contributed by atoms with Gasteiger partial charge in [-0.15, -0.1) is 0 Å². The molecule has 0 radical (unpaired) electrons. The van der Waals surface area contributed by atoms with E-state index in [-0.39, 0.29) is 0 Å². The molecule has 23 N–H and O–H groups in total. The van der Waals surface area contributed by atoms with Gasteiger partial charge in [-0.3, -0.25) is 4.99 Å². The van der Waals surface area contributed by atoms with Crippen LogP contribution in [0.15, 0.2) is 4.99 Å². The molecule has 21 heterocycles. The number of rotatable bonds is 7. The van der Waals surface area contributed by atoms with Gasteiger partial charge in [0, 0.05) is 0 Å². The van der Waals surface area contributed by atoms with E-state index in [2.05, 4.69) is 4.99 Å². The smallest absolute Gasteiger partial charge is 0.187 e. The molecule has 458 valence electrons. The van der Waals surface area contributed by atoms with Crippen LogP contribution in [0, 0.1) is 0 Å². The molecule has 0 aromatic carbocycles. The van der Waals surface area contributed by atoms with E-state index in [1.165, 1.54) is 6.92 Å². The summed E-state index contributed by atoms with van der Waals surface area (Å²) in [6.45, 7) is -4.44. The zero-order valence-electron chi connectivity index (χ0n) is 41.8. The molecule has 21 aliphatic heterocycles. The van der Waals surface area contributed by atoms with Crippen molar-refractivity contribution in [3.05, 3.63) is 0 Å². The number of aliphatic imine (C=N–C) groups is 1. The lowest BCUT2D eigenvalue weighted by Gasteiger charge is -2.50. The molecule has 36 heteroatoms. The van der Waals surface area contributed by atoms with E-state index in [9.17, 15) is 97.0 Å². The van der Waals surface area contributed by atoms with Gasteiger partial charge in [0.15, 0.2) is 50.0 Å². The number of ether oxygens (including phenoxy) is 14. The van der Waals surface area contributed by atoms with Gasteiger partial charge in [-0.1, -0.05) is 0 Å². The Morgan fingerprint density at radius 1 is 0.278 bits per heavy atom. The third kappa shape index (κ3) is 12.7. The molecule has 14 bridgehead atoms. The Labute approximate surface area is 446 Å². The van der Waals surface area contributed by atoms with E-state index in [1.807, 2.05) is 0 Å². The highest BCUT2D eigenvalue weighted by molar-refractivity contribution is 5.75. The number of hydrogen-bond acceptors (Lipinski definition) is 34. The zero-order valence-corrected chi connectivity index (χ0v) is 41.8. The molecule has 21 fully saturated rings. The predicted molar refractivity (Wildman–Crippen MR) is 241 cm³/mol. The fourth-order valence-corrected chi connectivity index (χ4v) is 10.6. The molecule has 36 nitrogen and oxygen atoms in total. The van der Waals surface area contributed by atoms with Gasteiger partial charge < -0.3 is 175 Å². The fraction of sp³-hybridized carbons (Fsp3) is 0.977. The highest BCUT2D eigenvalue weighted by atomic mass is 16.8. The Morgan fingerprint density at radius 2 is 0.468 bits per heavy atom.